The number of nitrogens with zero attached hydrogens (tertiary/aromatic N) is 2. The summed E-state index contributed by atoms with van der Waals surface area (Å²) in [7, 11) is 1.33. The minimum absolute atomic E-state index is 0.0988. The Morgan fingerprint density at radius 2 is 1.91 bits per heavy atom. The highest BCUT2D eigenvalue weighted by atomic mass is 16.5. The number of oxazole rings is 2. The van der Waals surface area contributed by atoms with Gasteiger partial charge in [0.25, 0.3) is 0 Å². The molecule has 7 rings (SSSR count). The van der Waals surface area contributed by atoms with Crippen molar-refractivity contribution >= 4 is 17.6 Å². The first-order valence-corrected chi connectivity index (χ1v) is 16.1. The Morgan fingerprint density at radius 1 is 1.09 bits per heavy atom. The van der Waals surface area contributed by atoms with Gasteiger partial charge < -0.3 is 34.7 Å². The van der Waals surface area contributed by atoms with Crippen LogP contribution in [0.4, 0.5) is 5.69 Å². The zero-order valence-electron chi connectivity index (χ0n) is 26.5. The Kier molecular flexibility index (Phi) is 7.59. The summed E-state index contributed by atoms with van der Waals surface area (Å²) in [5, 5.41) is 6.64. The first-order valence-electron chi connectivity index (χ1n) is 16.1. The molecule has 1 spiro atoms. The van der Waals surface area contributed by atoms with E-state index in [9.17, 15) is 9.59 Å². The van der Waals surface area contributed by atoms with Gasteiger partial charge in [0.2, 0.25) is 17.7 Å². The molecule has 0 aliphatic carbocycles. The minimum atomic E-state index is -1.00. The maximum absolute atomic E-state index is 13.4. The third-order valence-corrected chi connectivity index (χ3v) is 9.31. The Morgan fingerprint density at radius 3 is 2.70 bits per heavy atom. The first-order chi connectivity index (χ1) is 22.3. The van der Waals surface area contributed by atoms with Crippen LogP contribution in [0.2, 0.25) is 0 Å². The molecule has 4 bridgehead atoms. The third kappa shape index (κ3) is 4.67. The summed E-state index contributed by atoms with van der Waals surface area (Å²) in [6, 6.07) is 12.5. The highest BCUT2D eigenvalue weighted by Gasteiger charge is 2.61. The number of esters is 1. The van der Waals surface area contributed by atoms with Crippen molar-refractivity contribution in [3.8, 4) is 17.3 Å². The summed E-state index contributed by atoms with van der Waals surface area (Å²) in [4.78, 5) is 36.0. The normalized spacial score (nSPS) is 22.7. The van der Waals surface area contributed by atoms with E-state index in [-0.39, 0.29) is 29.3 Å². The number of nitrogens with two attached hydrogens (primary N) is 1. The van der Waals surface area contributed by atoms with Gasteiger partial charge in [-0.05, 0) is 42.0 Å². The number of benzene rings is 2. The minimum Gasteiger partial charge on any atom is -0.469 e. The number of fused-ring (bicyclic) bond motifs is 4. The van der Waals surface area contributed by atoms with E-state index in [0.717, 1.165) is 48.1 Å². The topological polar surface area (TPSA) is 155 Å². The molecule has 4 aromatic rings. The maximum Gasteiger partial charge on any atom is 0.360 e. The Hall–Kier alpha value is -4.64. The molecule has 240 valence electrons. The first kappa shape index (κ1) is 30.0. The number of carbonyl (C=O) groups is 2. The summed E-state index contributed by atoms with van der Waals surface area (Å²) in [5.41, 5.74) is 9.46. The number of hydrogen-bond acceptors (Lipinski definition) is 10. The van der Waals surface area contributed by atoms with Crippen molar-refractivity contribution in [2.75, 3.05) is 12.4 Å². The van der Waals surface area contributed by atoms with Crippen LogP contribution in [0, 0.1) is 5.92 Å². The summed E-state index contributed by atoms with van der Waals surface area (Å²) in [6.07, 6.45) is 4.26. The summed E-state index contributed by atoms with van der Waals surface area (Å²) in [5.74, 6) is 0.991. The van der Waals surface area contributed by atoms with Crippen molar-refractivity contribution in [2.45, 2.75) is 83.0 Å². The lowest BCUT2D eigenvalue weighted by molar-refractivity contribution is -0.123. The van der Waals surface area contributed by atoms with Crippen LogP contribution in [0.3, 0.4) is 0 Å². The molecule has 5 heterocycles. The molecule has 2 aromatic carbocycles. The van der Waals surface area contributed by atoms with Gasteiger partial charge in [-0.25, -0.2) is 14.8 Å². The molecule has 11 heteroatoms. The smallest absolute Gasteiger partial charge is 0.360 e. The molecule has 3 aliphatic heterocycles. The number of carbonyl (C=O) groups excluding carboxylic acids is 2. The zero-order chi connectivity index (χ0) is 32.2. The van der Waals surface area contributed by atoms with Crippen LogP contribution < -0.4 is 21.1 Å². The third-order valence-electron chi connectivity index (χ3n) is 9.31. The second-order valence-corrected chi connectivity index (χ2v) is 12.7. The second-order valence-electron chi connectivity index (χ2n) is 12.7. The number of ether oxygens (including phenoxy) is 2. The maximum atomic E-state index is 13.4. The molecule has 0 saturated heterocycles. The fourth-order valence-corrected chi connectivity index (χ4v) is 6.95. The summed E-state index contributed by atoms with van der Waals surface area (Å²) in [6.45, 7) is 6.11. The summed E-state index contributed by atoms with van der Waals surface area (Å²) < 4.78 is 24.9. The van der Waals surface area contributed by atoms with Gasteiger partial charge in [-0.1, -0.05) is 70.4 Å². The molecule has 11 nitrogen and oxygen atoms in total. The van der Waals surface area contributed by atoms with Crippen LogP contribution in [-0.4, -0.2) is 41.2 Å². The number of anilines is 1. The number of hydrogen-bond donors (Lipinski definition) is 3. The molecular formula is C35H39N5O6. The number of aryl methyl sites for hydroxylation is 1. The molecule has 46 heavy (non-hydrogen) atoms. The van der Waals surface area contributed by atoms with Gasteiger partial charge in [0.15, 0.2) is 23.4 Å². The van der Waals surface area contributed by atoms with Crippen molar-refractivity contribution in [1.29, 1.82) is 0 Å². The largest absolute Gasteiger partial charge is 0.469 e. The standard InChI is InChI=1S/C35H39N5O6/c1-5-6-7-8-13-25-27(33(42)43-4)39-32(44-25)28-29-35-20-11-9-10-12-23(20)37-34(35)45-24-15-14-19(16-21(24)35)17-22(36)30(41)38-26(18(2)3)31(40-28)46-29/h9-12,14-16,18,22,26,34,37H,5-8,13,17,36H2,1-4H3,(H,38,41)/t22-,26-,34-,35?/m0/s1. The zero-order valence-corrected chi connectivity index (χ0v) is 26.5. The van der Waals surface area contributed by atoms with Gasteiger partial charge in [-0.15, -0.1) is 0 Å². The van der Waals surface area contributed by atoms with E-state index in [1.54, 1.807) is 0 Å². The van der Waals surface area contributed by atoms with E-state index < -0.39 is 29.7 Å². The number of nitrogens with one attached hydrogen (secondary N) is 2. The number of para-hydroxylation sites is 1. The van der Waals surface area contributed by atoms with Gasteiger partial charge in [0.05, 0.1) is 13.2 Å². The van der Waals surface area contributed by atoms with E-state index >= 15 is 0 Å². The lowest BCUT2D eigenvalue weighted by atomic mass is 9.72. The van der Waals surface area contributed by atoms with Gasteiger partial charge in [-0.2, -0.15) is 0 Å². The molecule has 4 N–H and O–H groups in total. The highest BCUT2D eigenvalue weighted by molar-refractivity contribution is 5.89. The quantitative estimate of drug-likeness (QED) is 0.171. The molecule has 4 atom stereocenters. The molecule has 2 aromatic heterocycles. The number of amides is 1. The predicted molar refractivity (Wildman–Crippen MR) is 169 cm³/mol. The average molecular weight is 626 g/mol. The Labute approximate surface area is 267 Å². The fourth-order valence-electron chi connectivity index (χ4n) is 6.95. The Balaban J connectivity index is 1.50. The van der Waals surface area contributed by atoms with Crippen molar-refractivity contribution in [2.24, 2.45) is 11.7 Å². The number of unbranched alkanes of at least 4 members (excludes halogenated alkanes) is 3. The van der Waals surface area contributed by atoms with Crippen molar-refractivity contribution in [1.82, 2.24) is 15.3 Å². The van der Waals surface area contributed by atoms with Crippen molar-refractivity contribution < 1.29 is 27.9 Å². The molecular weight excluding hydrogens is 586 g/mol. The lowest BCUT2D eigenvalue weighted by Gasteiger charge is -2.28. The van der Waals surface area contributed by atoms with Crippen molar-refractivity contribution in [3.63, 3.8) is 0 Å². The average Bonchev–Trinajstić information content (AvgIpc) is 3.80. The number of rotatable bonds is 8. The Bertz CT molecular complexity index is 1810. The molecule has 0 saturated carbocycles. The fraction of sp³-hybridized carbons (Fsp3) is 0.429. The van der Waals surface area contributed by atoms with E-state index in [4.69, 9.17) is 34.0 Å². The van der Waals surface area contributed by atoms with Crippen LogP contribution in [0.25, 0.3) is 11.6 Å². The molecule has 1 amide bonds. The summed E-state index contributed by atoms with van der Waals surface area (Å²) >= 11 is 0. The monoisotopic (exact) mass is 625 g/mol. The van der Waals surface area contributed by atoms with Gasteiger partial charge in [-0.3, -0.25) is 4.79 Å². The van der Waals surface area contributed by atoms with E-state index in [1.165, 1.54) is 7.11 Å². The van der Waals surface area contributed by atoms with Crippen LogP contribution in [0.15, 0.2) is 51.3 Å². The van der Waals surface area contributed by atoms with Crippen LogP contribution in [0.1, 0.15) is 97.1 Å². The van der Waals surface area contributed by atoms with E-state index in [2.05, 4.69) is 17.6 Å². The number of aromatic nitrogens is 2. The molecule has 0 radical (unpaired) electrons. The van der Waals surface area contributed by atoms with Gasteiger partial charge >= 0.3 is 5.97 Å². The highest BCUT2D eigenvalue weighted by Crippen LogP contribution is 2.59. The van der Waals surface area contributed by atoms with Crippen LogP contribution in [-0.2, 0) is 27.8 Å². The van der Waals surface area contributed by atoms with Gasteiger partial charge in [0.1, 0.15) is 23.0 Å². The van der Waals surface area contributed by atoms with Crippen molar-refractivity contribution in [3.05, 3.63) is 82.3 Å². The molecule has 3 aliphatic rings. The lowest BCUT2D eigenvalue weighted by Crippen LogP contribution is -2.45. The molecule has 0 fully saturated rings. The van der Waals surface area contributed by atoms with Crippen LogP contribution >= 0.6 is 0 Å². The van der Waals surface area contributed by atoms with E-state index in [0.29, 0.717) is 35.8 Å². The predicted octanol–water partition coefficient (Wildman–Crippen LogP) is 5.41. The SMILES string of the molecule is CCCCCCc1oc(-c2nc3oc2C24c5ccccc5N[C@H]2Oc2ccc(cc24)C[C@H](N)C(=O)N[C@H]3C(C)C)nc1C(=O)OC. The number of methoxy groups -OCH3 is 1. The second kappa shape index (κ2) is 11.6. The van der Waals surface area contributed by atoms with E-state index in [1.807, 2.05) is 56.3 Å². The molecule has 1 unspecified atom stereocenters. The van der Waals surface area contributed by atoms with Crippen LogP contribution in [0.5, 0.6) is 5.75 Å². The van der Waals surface area contributed by atoms with Gasteiger partial charge in [0, 0.05) is 17.7 Å².